The van der Waals surface area contributed by atoms with Crippen LogP contribution in [-0.2, 0) is 12.0 Å². The molecule has 0 aliphatic heterocycles. The normalized spacial score (nSPS) is 11.8. The minimum absolute atomic E-state index is 0.179. The molecule has 3 nitrogen and oxygen atoms in total. The van der Waals surface area contributed by atoms with Gasteiger partial charge in [-0.2, -0.15) is 5.10 Å². The number of hydrogen-bond donors (Lipinski definition) is 1. The molecule has 0 atom stereocenters. The van der Waals surface area contributed by atoms with Gasteiger partial charge in [0.25, 0.3) is 0 Å². The number of benzene rings is 1. The lowest BCUT2D eigenvalue weighted by Gasteiger charge is -2.19. The summed E-state index contributed by atoms with van der Waals surface area (Å²) >= 11 is 5.87. The third-order valence-electron chi connectivity index (χ3n) is 2.91. The van der Waals surface area contributed by atoms with Gasteiger partial charge in [-0.05, 0) is 16.5 Å². The molecule has 4 heteroatoms. The second kappa shape index (κ2) is 4.65. The lowest BCUT2D eigenvalue weighted by molar-refractivity contribution is 0.589. The summed E-state index contributed by atoms with van der Waals surface area (Å²) in [4.78, 5) is 0. The summed E-state index contributed by atoms with van der Waals surface area (Å²) in [7, 11) is 0. The highest BCUT2D eigenvalue weighted by molar-refractivity contribution is 6.32. The molecule has 0 saturated heterocycles. The third-order valence-corrected chi connectivity index (χ3v) is 3.20. The predicted molar refractivity (Wildman–Crippen MR) is 75.9 cm³/mol. The van der Waals surface area contributed by atoms with E-state index >= 15 is 0 Å². The van der Waals surface area contributed by atoms with Crippen LogP contribution in [0.1, 0.15) is 31.9 Å². The quantitative estimate of drug-likeness (QED) is 0.902. The van der Waals surface area contributed by atoms with E-state index in [0.29, 0.717) is 17.4 Å². The number of nitrogens with two attached hydrogens (primary N) is 1. The van der Waals surface area contributed by atoms with Crippen LogP contribution in [0.15, 0.2) is 30.5 Å². The van der Waals surface area contributed by atoms with E-state index in [4.69, 9.17) is 17.3 Å². The van der Waals surface area contributed by atoms with E-state index in [1.807, 2.05) is 0 Å². The molecule has 1 aromatic heterocycles. The van der Waals surface area contributed by atoms with Crippen LogP contribution in [0, 0.1) is 0 Å². The summed E-state index contributed by atoms with van der Waals surface area (Å²) in [5.41, 5.74) is 8.30. The average Bonchev–Trinajstić information content (AvgIpc) is 2.57. The second-order valence-electron chi connectivity index (χ2n) is 5.51. The number of rotatable bonds is 2. The van der Waals surface area contributed by atoms with Gasteiger partial charge in [-0.3, -0.25) is 4.68 Å². The van der Waals surface area contributed by atoms with E-state index in [0.717, 1.165) is 0 Å². The summed E-state index contributed by atoms with van der Waals surface area (Å²) in [5, 5.41) is 4.64. The molecule has 0 unspecified atom stereocenters. The Morgan fingerprint density at radius 3 is 2.28 bits per heavy atom. The number of nitrogen functional groups attached to an aromatic ring is 1. The first kappa shape index (κ1) is 13.0. The summed E-state index contributed by atoms with van der Waals surface area (Å²) in [5.74, 6) is 0.378. The monoisotopic (exact) mass is 263 g/mol. The maximum Gasteiger partial charge on any atom is 0.164 e. The standard InChI is InChI=1S/C14H18ClN3/c1-14(2,3)11-6-4-10(5-7-11)8-18-9-12(15)13(16)17-18/h4-7,9H,8H2,1-3H3,(H2,16,17). The lowest BCUT2D eigenvalue weighted by Crippen LogP contribution is -2.11. The molecule has 1 aromatic carbocycles. The highest BCUT2D eigenvalue weighted by atomic mass is 35.5. The van der Waals surface area contributed by atoms with E-state index in [1.54, 1.807) is 10.9 Å². The fourth-order valence-corrected chi connectivity index (χ4v) is 1.94. The Bertz CT molecular complexity index is 516. The molecule has 0 fully saturated rings. The first-order valence-corrected chi connectivity index (χ1v) is 6.32. The van der Waals surface area contributed by atoms with Gasteiger partial charge in [0.2, 0.25) is 0 Å². The highest BCUT2D eigenvalue weighted by Crippen LogP contribution is 2.22. The van der Waals surface area contributed by atoms with Crippen molar-refractivity contribution < 1.29 is 0 Å². The number of halogens is 1. The van der Waals surface area contributed by atoms with E-state index in [2.05, 4.69) is 50.1 Å². The van der Waals surface area contributed by atoms with Crippen LogP contribution in [0.25, 0.3) is 0 Å². The first-order valence-electron chi connectivity index (χ1n) is 5.94. The molecule has 2 rings (SSSR count). The van der Waals surface area contributed by atoms with Crippen LogP contribution in [0.5, 0.6) is 0 Å². The smallest absolute Gasteiger partial charge is 0.164 e. The number of nitrogens with zero attached hydrogens (tertiary/aromatic N) is 2. The fourth-order valence-electron chi connectivity index (χ4n) is 1.79. The molecule has 0 aliphatic rings. The first-order chi connectivity index (χ1) is 8.36. The Kier molecular flexibility index (Phi) is 3.35. The summed E-state index contributed by atoms with van der Waals surface area (Å²) in [6.45, 7) is 7.29. The van der Waals surface area contributed by atoms with Gasteiger partial charge in [0, 0.05) is 6.20 Å². The molecule has 0 amide bonds. The van der Waals surface area contributed by atoms with Crippen molar-refractivity contribution in [1.82, 2.24) is 9.78 Å². The van der Waals surface area contributed by atoms with Crippen LogP contribution < -0.4 is 5.73 Å². The Labute approximate surface area is 113 Å². The highest BCUT2D eigenvalue weighted by Gasteiger charge is 2.12. The summed E-state index contributed by atoms with van der Waals surface area (Å²) in [6, 6.07) is 8.55. The van der Waals surface area contributed by atoms with Gasteiger partial charge in [0.1, 0.15) is 5.02 Å². The lowest BCUT2D eigenvalue weighted by atomic mass is 9.87. The van der Waals surface area contributed by atoms with E-state index in [-0.39, 0.29) is 5.41 Å². The molecule has 2 N–H and O–H groups in total. The van der Waals surface area contributed by atoms with Crippen molar-refractivity contribution in [1.29, 1.82) is 0 Å². The van der Waals surface area contributed by atoms with Gasteiger partial charge < -0.3 is 5.73 Å². The summed E-state index contributed by atoms with van der Waals surface area (Å²) < 4.78 is 1.75. The predicted octanol–water partition coefficient (Wildman–Crippen LogP) is 3.46. The molecule has 18 heavy (non-hydrogen) atoms. The summed E-state index contributed by atoms with van der Waals surface area (Å²) in [6.07, 6.45) is 1.74. The Balaban J connectivity index is 2.16. The van der Waals surface area contributed by atoms with Crippen LogP contribution in [0.4, 0.5) is 5.82 Å². The molecule has 96 valence electrons. The van der Waals surface area contributed by atoms with Gasteiger partial charge >= 0.3 is 0 Å². The second-order valence-corrected chi connectivity index (χ2v) is 5.91. The van der Waals surface area contributed by atoms with Crippen molar-refractivity contribution in [3.8, 4) is 0 Å². The zero-order valence-corrected chi connectivity index (χ0v) is 11.7. The third kappa shape index (κ3) is 2.85. The van der Waals surface area contributed by atoms with Crippen molar-refractivity contribution in [2.75, 3.05) is 5.73 Å². The zero-order chi connectivity index (χ0) is 13.3. The molecule has 0 bridgehead atoms. The maximum atomic E-state index is 5.87. The van der Waals surface area contributed by atoms with Gasteiger partial charge in [0.05, 0.1) is 6.54 Å². The molecule has 0 spiro atoms. The molecular weight excluding hydrogens is 246 g/mol. The number of anilines is 1. The van der Waals surface area contributed by atoms with E-state index in [1.165, 1.54) is 11.1 Å². The minimum Gasteiger partial charge on any atom is -0.381 e. The van der Waals surface area contributed by atoms with Crippen molar-refractivity contribution in [2.45, 2.75) is 32.7 Å². The Morgan fingerprint density at radius 2 is 1.83 bits per heavy atom. The topological polar surface area (TPSA) is 43.8 Å². The van der Waals surface area contributed by atoms with E-state index < -0.39 is 0 Å². The van der Waals surface area contributed by atoms with Crippen LogP contribution >= 0.6 is 11.6 Å². The molecule has 2 aromatic rings. The Morgan fingerprint density at radius 1 is 1.22 bits per heavy atom. The average molecular weight is 264 g/mol. The SMILES string of the molecule is CC(C)(C)c1ccc(Cn2cc(Cl)c(N)n2)cc1. The Hall–Kier alpha value is -1.48. The van der Waals surface area contributed by atoms with Crippen molar-refractivity contribution in [3.05, 3.63) is 46.6 Å². The zero-order valence-electron chi connectivity index (χ0n) is 10.9. The van der Waals surface area contributed by atoms with Gasteiger partial charge in [0.15, 0.2) is 5.82 Å². The molecular formula is C14H18ClN3. The van der Waals surface area contributed by atoms with Gasteiger partial charge in [-0.15, -0.1) is 0 Å². The largest absolute Gasteiger partial charge is 0.381 e. The van der Waals surface area contributed by atoms with Crippen molar-refractivity contribution in [3.63, 3.8) is 0 Å². The van der Waals surface area contributed by atoms with Crippen LogP contribution in [0.3, 0.4) is 0 Å². The number of aromatic nitrogens is 2. The van der Waals surface area contributed by atoms with Gasteiger partial charge in [-0.1, -0.05) is 56.6 Å². The number of hydrogen-bond acceptors (Lipinski definition) is 2. The fraction of sp³-hybridized carbons (Fsp3) is 0.357. The molecule has 0 saturated carbocycles. The van der Waals surface area contributed by atoms with Crippen LogP contribution in [-0.4, -0.2) is 9.78 Å². The van der Waals surface area contributed by atoms with Crippen molar-refractivity contribution >= 4 is 17.4 Å². The van der Waals surface area contributed by atoms with Gasteiger partial charge in [-0.25, -0.2) is 0 Å². The minimum atomic E-state index is 0.179. The molecule has 0 radical (unpaired) electrons. The maximum absolute atomic E-state index is 5.87. The van der Waals surface area contributed by atoms with Crippen LogP contribution in [0.2, 0.25) is 5.02 Å². The molecule has 1 heterocycles. The van der Waals surface area contributed by atoms with Crippen molar-refractivity contribution in [2.24, 2.45) is 0 Å². The van der Waals surface area contributed by atoms with E-state index in [9.17, 15) is 0 Å². The molecule has 0 aliphatic carbocycles.